The van der Waals surface area contributed by atoms with Gasteiger partial charge in [0.2, 0.25) is 12.7 Å². The Morgan fingerprint density at radius 1 is 1.24 bits per heavy atom. The van der Waals surface area contributed by atoms with E-state index in [1.807, 2.05) is 0 Å². The van der Waals surface area contributed by atoms with Gasteiger partial charge in [0.1, 0.15) is 11.3 Å². The number of amides is 1. The molecule has 3 aromatic rings. The van der Waals surface area contributed by atoms with Crippen LogP contribution in [0.5, 0.6) is 11.5 Å². The van der Waals surface area contributed by atoms with Gasteiger partial charge in [-0.3, -0.25) is 4.79 Å². The Balaban J connectivity index is 1.47. The fourth-order valence-electron chi connectivity index (χ4n) is 3.39. The van der Waals surface area contributed by atoms with Crippen molar-refractivity contribution in [2.75, 3.05) is 6.79 Å². The van der Waals surface area contributed by atoms with Crippen molar-refractivity contribution >= 4 is 16.9 Å². The number of alkyl halides is 3. The summed E-state index contributed by atoms with van der Waals surface area (Å²) >= 11 is 0. The zero-order valence-electron chi connectivity index (χ0n) is 15.5. The third-order valence-electron chi connectivity index (χ3n) is 4.61. The smallest absolute Gasteiger partial charge is 0.431 e. The zero-order valence-corrected chi connectivity index (χ0v) is 15.5. The van der Waals surface area contributed by atoms with Crippen LogP contribution >= 0.6 is 0 Å². The molecule has 1 atom stereocenters. The predicted octanol–water partition coefficient (Wildman–Crippen LogP) is 3.53. The number of nitrogens with one attached hydrogen (secondary N) is 1. The summed E-state index contributed by atoms with van der Waals surface area (Å²) in [7, 11) is 0. The standard InChI is InChI=1S/C20H18F3N3O3/c1-12(25-18(27)8-13-4-5-15-16(7-13)29-11-28-15)10-26-17(20(21,22)23)9-14-3-2-6-24-19(14)26/h2-7,9,12H,8,10-11H2,1H3,(H,25,27)/t12-/m0/s1. The van der Waals surface area contributed by atoms with Crippen molar-refractivity contribution in [2.24, 2.45) is 0 Å². The highest BCUT2D eigenvalue weighted by atomic mass is 19.4. The lowest BCUT2D eigenvalue weighted by Gasteiger charge is -2.18. The number of aromatic nitrogens is 2. The highest BCUT2D eigenvalue weighted by Gasteiger charge is 2.36. The second kappa shape index (κ2) is 7.31. The number of rotatable bonds is 5. The van der Waals surface area contributed by atoms with E-state index >= 15 is 0 Å². The minimum absolute atomic E-state index is 0.0533. The first-order valence-corrected chi connectivity index (χ1v) is 9.00. The molecular weight excluding hydrogens is 387 g/mol. The molecule has 6 nitrogen and oxygen atoms in total. The molecule has 1 aliphatic rings. The molecule has 1 aliphatic heterocycles. The molecule has 0 saturated carbocycles. The summed E-state index contributed by atoms with van der Waals surface area (Å²) in [5.41, 5.74) is 0.169. The average molecular weight is 405 g/mol. The lowest BCUT2D eigenvalue weighted by atomic mass is 10.1. The molecule has 0 bridgehead atoms. The largest absolute Gasteiger partial charge is 0.454 e. The maximum Gasteiger partial charge on any atom is 0.431 e. The van der Waals surface area contributed by atoms with Gasteiger partial charge >= 0.3 is 6.18 Å². The predicted molar refractivity (Wildman–Crippen MR) is 98.6 cm³/mol. The highest BCUT2D eigenvalue weighted by molar-refractivity contribution is 5.79. The summed E-state index contributed by atoms with van der Waals surface area (Å²) in [6.45, 7) is 1.75. The van der Waals surface area contributed by atoms with Crippen LogP contribution in [-0.4, -0.2) is 28.3 Å². The number of nitrogens with zero attached hydrogens (tertiary/aromatic N) is 2. The summed E-state index contributed by atoms with van der Waals surface area (Å²) in [5, 5.41) is 3.15. The highest BCUT2D eigenvalue weighted by Crippen LogP contribution is 2.34. The Kier molecular flexibility index (Phi) is 4.81. The monoisotopic (exact) mass is 405 g/mol. The molecule has 29 heavy (non-hydrogen) atoms. The van der Waals surface area contributed by atoms with E-state index in [1.165, 1.54) is 6.20 Å². The fraction of sp³-hybridized carbons (Fsp3) is 0.300. The molecule has 9 heteroatoms. The first kappa shape index (κ1) is 19.1. The first-order chi connectivity index (χ1) is 13.8. The van der Waals surface area contributed by atoms with Crippen LogP contribution in [0.4, 0.5) is 13.2 Å². The third kappa shape index (κ3) is 3.98. The van der Waals surface area contributed by atoms with Crippen molar-refractivity contribution in [3.05, 3.63) is 53.9 Å². The molecular formula is C20H18F3N3O3. The maximum absolute atomic E-state index is 13.4. The summed E-state index contributed by atoms with van der Waals surface area (Å²) in [6.07, 6.45) is -2.99. The quantitative estimate of drug-likeness (QED) is 0.705. The molecule has 1 amide bonds. The molecule has 0 aliphatic carbocycles. The molecule has 4 rings (SSSR count). The van der Waals surface area contributed by atoms with Crippen LogP contribution < -0.4 is 14.8 Å². The second-order valence-electron chi connectivity index (χ2n) is 6.89. The van der Waals surface area contributed by atoms with E-state index in [-0.39, 0.29) is 31.3 Å². The van der Waals surface area contributed by atoms with Crippen LogP contribution in [0.2, 0.25) is 0 Å². The lowest BCUT2D eigenvalue weighted by Crippen LogP contribution is -2.37. The molecule has 152 valence electrons. The van der Waals surface area contributed by atoms with Gasteiger partial charge in [-0.1, -0.05) is 6.07 Å². The molecule has 1 N–H and O–H groups in total. The van der Waals surface area contributed by atoms with Crippen molar-refractivity contribution in [2.45, 2.75) is 32.1 Å². The number of benzene rings is 1. The van der Waals surface area contributed by atoms with Gasteiger partial charge < -0.3 is 19.4 Å². The van der Waals surface area contributed by atoms with Gasteiger partial charge in [-0.2, -0.15) is 13.2 Å². The van der Waals surface area contributed by atoms with Gasteiger partial charge in [0, 0.05) is 24.2 Å². The van der Waals surface area contributed by atoms with E-state index < -0.39 is 17.9 Å². The number of ether oxygens (including phenoxy) is 2. The van der Waals surface area contributed by atoms with E-state index in [2.05, 4.69) is 10.3 Å². The number of pyridine rings is 1. The van der Waals surface area contributed by atoms with Crippen LogP contribution in [0.3, 0.4) is 0 Å². The number of hydrogen-bond acceptors (Lipinski definition) is 4. The van der Waals surface area contributed by atoms with Crippen molar-refractivity contribution in [1.29, 1.82) is 0 Å². The van der Waals surface area contributed by atoms with E-state index in [0.717, 1.165) is 16.2 Å². The molecule has 1 aromatic carbocycles. The number of halogens is 3. The van der Waals surface area contributed by atoms with Gasteiger partial charge in [0.25, 0.3) is 0 Å². The van der Waals surface area contributed by atoms with Crippen LogP contribution in [0.1, 0.15) is 18.2 Å². The van der Waals surface area contributed by atoms with Crippen molar-refractivity contribution in [3.63, 3.8) is 0 Å². The van der Waals surface area contributed by atoms with Crippen molar-refractivity contribution in [3.8, 4) is 11.5 Å². The Morgan fingerprint density at radius 2 is 2.03 bits per heavy atom. The molecule has 0 radical (unpaired) electrons. The van der Waals surface area contributed by atoms with Gasteiger partial charge in [-0.25, -0.2) is 4.98 Å². The van der Waals surface area contributed by atoms with Crippen molar-refractivity contribution in [1.82, 2.24) is 14.9 Å². The fourth-order valence-corrected chi connectivity index (χ4v) is 3.39. The maximum atomic E-state index is 13.4. The minimum Gasteiger partial charge on any atom is -0.454 e. The minimum atomic E-state index is -4.52. The number of fused-ring (bicyclic) bond motifs is 2. The Bertz CT molecular complexity index is 1060. The van der Waals surface area contributed by atoms with Crippen LogP contribution in [0, 0.1) is 0 Å². The molecule has 0 spiro atoms. The number of carbonyl (C=O) groups is 1. The molecule has 3 heterocycles. The SMILES string of the molecule is C[C@@H](Cn1c(C(F)(F)F)cc2cccnc21)NC(=O)Cc1ccc2c(c1)OCO2. The topological polar surface area (TPSA) is 65.4 Å². The zero-order chi connectivity index (χ0) is 20.6. The van der Waals surface area contributed by atoms with Crippen LogP contribution in [-0.2, 0) is 23.9 Å². The van der Waals surface area contributed by atoms with E-state index in [9.17, 15) is 18.0 Å². The van der Waals surface area contributed by atoms with Gasteiger partial charge in [-0.15, -0.1) is 0 Å². The summed E-state index contributed by atoms with van der Waals surface area (Å²) in [4.78, 5) is 16.4. The van der Waals surface area contributed by atoms with Crippen molar-refractivity contribution < 1.29 is 27.4 Å². The first-order valence-electron chi connectivity index (χ1n) is 9.00. The van der Waals surface area contributed by atoms with Gasteiger partial charge in [0.15, 0.2) is 11.5 Å². The Hall–Kier alpha value is -3.23. The van der Waals surface area contributed by atoms with E-state index in [4.69, 9.17) is 9.47 Å². The van der Waals surface area contributed by atoms with Gasteiger partial charge in [-0.05, 0) is 42.8 Å². The normalized spacial score (nSPS) is 14.2. The number of hydrogen-bond donors (Lipinski definition) is 1. The van der Waals surface area contributed by atoms with E-state index in [1.54, 1.807) is 37.3 Å². The van der Waals surface area contributed by atoms with E-state index in [0.29, 0.717) is 16.9 Å². The average Bonchev–Trinajstić information content (AvgIpc) is 3.25. The Labute approximate surface area is 164 Å². The third-order valence-corrected chi connectivity index (χ3v) is 4.61. The molecule has 0 fully saturated rings. The second-order valence-corrected chi connectivity index (χ2v) is 6.89. The Morgan fingerprint density at radius 3 is 2.83 bits per heavy atom. The molecule has 0 unspecified atom stereocenters. The van der Waals surface area contributed by atoms with Gasteiger partial charge in [0.05, 0.1) is 6.42 Å². The molecule has 2 aromatic heterocycles. The molecule has 0 saturated heterocycles. The number of carbonyl (C=O) groups excluding carboxylic acids is 1. The lowest BCUT2D eigenvalue weighted by molar-refractivity contribution is -0.143. The summed E-state index contributed by atoms with van der Waals surface area (Å²) in [5.74, 6) is 0.895. The summed E-state index contributed by atoms with van der Waals surface area (Å²) in [6, 6.07) is 8.90. The van der Waals surface area contributed by atoms with Crippen LogP contribution in [0.15, 0.2) is 42.6 Å². The van der Waals surface area contributed by atoms with Crippen LogP contribution in [0.25, 0.3) is 11.0 Å². The summed E-state index contributed by atoms with van der Waals surface area (Å²) < 4.78 is 51.9.